The molecule has 0 aromatic heterocycles. The third-order valence-corrected chi connectivity index (χ3v) is 4.22. The Balaban J connectivity index is 1.73. The molecule has 3 aromatic carbocycles. The van der Waals surface area contributed by atoms with Crippen molar-refractivity contribution in [1.29, 1.82) is 5.26 Å². The molecule has 3 aromatic rings. The van der Waals surface area contributed by atoms with Gasteiger partial charge in [0.25, 0.3) is 0 Å². The van der Waals surface area contributed by atoms with Crippen LogP contribution in [-0.2, 0) is 0 Å². The molecular formula is C23H16ClNO3. The normalized spacial score (nSPS) is 10.8. The van der Waals surface area contributed by atoms with Gasteiger partial charge in [-0.1, -0.05) is 35.9 Å². The summed E-state index contributed by atoms with van der Waals surface area (Å²) >= 11 is 5.99. The Morgan fingerprint density at radius 2 is 1.64 bits per heavy atom. The molecule has 0 spiro atoms. The summed E-state index contributed by atoms with van der Waals surface area (Å²) < 4.78 is 10.4. The molecule has 4 nitrogen and oxygen atoms in total. The molecule has 0 heterocycles. The second kappa shape index (κ2) is 8.90. The van der Waals surface area contributed by atoms with Gasteiger partial charge in [0.1, 0.15) is 11.5 Å². The molecule has 0 bridgehead atoms. The van der Waals surface area contributed by atoms with Gasteiger partial charge in [-0.15, -0.1) is 0 Å². The second-order valence-electron chi connectivity index (χ2n) is 5.87. The van der Waals surface area contributed by atoms with E-state index in [0.29, 0.717) is 27.7 Å². The van der Waals surface area contributed by atoms with Gasteiger partial charge in [-0.25, -0.2) is 4.79 Å². The molecule has 0 saturated carbocycles. The van der Waals surface area contributed by atoms with Crippen molar-refractivity contribution in [3.05, 3.63) is 94.5 Å². The molecule has 5 heteroatoms. The van der Waals surface area contributed by atoms with Crippen LogP contribution in [0.2, 0.25) is 5.02 Å². The van der Waals surface area contributed by atoms with E-state index in [-0.39, 0.29) is 0 Å². The first-order valence-electron chi connectivity index (χ1n) is 8.43. The molecule has 0 N–H and O–H groups in total. The highest BCUT2D eigenvalue weighted by molar-refractivity contribution is 6.30. The molecule has 0 aliphatic carbocycles. The number of esters is 1. The summed E-state index contributed by atoms with van der Waals surface area (Å²) in [5.74, 6) is 0.627. The molecular weight excluding hydrogens is 374 g/mol. The van der Waals surface area contributed by atoms with Gasteiger partial charge in [-0.2, -0.15) is 5.26 Å². The van der Waals surface area contributed by atoms with E-state index in [4.69, 9.17) is 21.1 Å². The molecule has 0 aliphatic heterocycles. The number of nitrogens with zero attached hydrogens (tertiary/aromatic N) is 1. The van der Waals surface area contributed by atoms with Gasteiger partial charge >= 0.3 is 5.97 Å². The van der Waals surface area contributed by atoms with Crippen LogP contribution >= 0.6 is 11.6 Å². The number of benzene rings is 3. The van der Waals surface area contributed by atoms with Crippen LogP contribution in [0.1, 0.15) is 21.5 Å². The predicted octanol–water partition coefficient (Wildman–Crippen LogP) is 5.63. The van der Waals surface area contributed by atoms with E-state index >= 15 is 0 Å². The van der Waals surface area contributed by atoms with E-state index in [1.54, 1.807) is 79.9 Å². The Bertz CT molecular complexity index is 1050. The van der Waals surface area contributed by atoms with Crippen LogP contribution in [0.5, 0.6) is 11.5 Å². The van der Waals surface area contributed by atoms with Crippen molar-refractivity contribution < 1.29 is 14.3 Å². The van der Waals surface area contributed by atoms with Gasteiger partial charge in [-0.3, -0.25) is 0 Å². The Kier molecular flexibility index (Phi) is 6.11. The number of carbonyl (C=O) groups is 1. The van der Waals surface area contributed by atoms with Gasteiger partial charge in [0.2, 0.25) is 0 Å². The van der Waals surface area contributed by atoms with Crippen molar-refractivity contribution in [1.82, 2.24) is 0 Å². The van der Waals surface area contributed by atoms with Gasteiger partial charge in [0.05, 0.1) is 24.3 Å². The maximum Gasteiger partial charge on any atom is 0.343 e. The average Bonchev–Trinajstić information content (AvgIpc) is 2.73. The monoisotopic (exact) mass is 389 g/mol. The third-order valence-electron chi connectivity index (χ3n) is 3.98. The molecule has 28 heavy (non-hydrogen) atoms. The van der Waals surface area contributed by atoms with E-state index < -0.39 is 5.97 Å². The van der Waals surface area contributed by atoms with Crippen molar-refractivity contribution in [3.63, 3.8) is 0 Å². The molecule has 0 saturated heterocycles. The van der Waals surface area contributed by atoms with Crippen LogP contribution in [0.3, 0.4) is 0 Å². The van der Waals surface area contributed by atoms with Crippen LogP contribution < -0.4 is 9.47 Å². The Hall–Kier alpha value is -3.55. The molecule has 138 valence electrons. The standard InChI is InChI=1S/C23H16ClNO3/c1-27-21-11-7-17(8-12-21)23(26)28-22-9-5-16(6-10-22)13-19(15-25)18-3-2-4-20(24)14-18/h2-14H,1H3/b19-13-. The van der Waals surface area contributed by atoms with Crippen molar-refractivity contribution >= 4 is 29.2 Å². The van der Waals surface area contributed by atoms with E-state index in [9.17, 15) is 10.1 Å². The second-order valence-corrected chi connectivity index (χ2v) is 6.30. The highest BCUT2D eigenvalue weighted by Crippen LogP contribution is 2.22. The number of halogens is 1. The Labute approximate surface area is 168 Å². The molecule has 0 radical (unpaired) electrons. The smallest absolute Gasteiger partial charge is 0.343 e. The number of ether oxygens (including phenoxy) is 2. The lowest BCUT2D eigenvalue weighted by Crippen LogP contribution is -2.08. The number of hydrogen-bond acceptors (Lipinski definition) is 4. The minimum absolute atomic E-state index is 0.416. The largest absolute Gasteiger partial charge is 0.497 e. The minimum atomic E-state index is -0.456. The van der Waals surface area contributed by atoms with E-state index in [1.807, 2.05) is 6.07 Å². The zero-order valence-corrected chi connectivity index (χ0v) is 15.8. The number of rotatable bonds is 5. The van der Waals surface area contributed by atoms with Gasteiger partial charge < -0.3 is 9.47 Å². The van der Waals surface area contributed by atoms with E-state index in [2.05, 4.69) is 6.07 Å². The summed E-state index contributed by atoms with van der Waals surface area (Å²) in [4.78, 5) is 12.2. The fourth-order valence-corrected chi connectivity index (χ4v) is 2.72. The van der Waals surface area contributed by atoms with E-state index in [0.717, 1.165) is 11.1 Å². The number of hydrogen-bond donors (Lipinski definition) is 0. The fraction of sp³-hybridized carbons (Fsp3) is 0.0435. The van der Waals surface area contributed by atoms with Crippen LogP contribution in [0, 0.1) is 11.3 Å². The molecule has 3 rings (SSSR count). The predicted molar refractivity (Wildman–Crippen MR) is 109 cm³/mol. The van der Waals surface area contributed by atoms with E-state index in [1.165, 1.54) is 0 Å². The third kappa shape index (κ3) is 4.79. The van der Waals surface area contributed by atoms with Crippen LogP contribution in [0.4, 0.5) is 0 Å². The summed E-state index contributed by atoms with van der Waals surface area (Å²) in [6, 6.07) is 22.9. The molecule has 0 unspecified atom stereocenters. The number of nitriles is 1. The Morgan fingerprint density at radius 3 is 2.25 bits per heavy atom. The summed E-state index contributed by atoms with van der Waals surface area (Å²) in [6.45, 7) is 0. The maximum absolute atomic E-state index is 12.2. The highest BCUT2D eigenvalue weighted by atomic mass is 35.5. The zero-order valence-electron chi connectivity index (χ0n) is 15.1. The molecule has 0 aliphatic rings. The van der Waals surface area contributed by atoms with Crippen molar-refractivity contribution in [2.45, 2.75) is 0 Å². The summed E-state index contributed by atoms with van der Waals surface area (Å²) in [5, 5.41) is 10.00. The van der Waals surface area contributed by atoms with Crippen molar-refractivity contribution in [3.8, 4) is 17.6 Å². The lowest BCUT2D eigenvalue weighted by Gasteiger charge is -2.06. The number of carbonyl (C=O) groups excluding carboxylic acids is 1. The maximum atomic E-state index is 12.2. The van der Waals surface area contributed by atoms with Crippen LogP contribution in [-0.4, -0.2) is 13.1 Å². The van der Waals surface area contributed by atoms with Crippen molar-refractivity contribution in [2.24, 2.45) is 0 Å². The lowest BCUT2D eigenvalue weighted by molar-refractivity contribution is 0.0734. The quantitative estimate of drug-likeness (QED) is 0.245. The number of methoxy groups -OCH3 is 1. The first kappa shape index (κ1) is 19.2. The Morgan fingerprint density at radius 1 is 0.964 bits per heavy atom. The first-order valence-corrected chi connectivity index (χ1v) is 8.81. The summed E-state index contributed by atoms with van der Waals surface area (Å²) in [7, 11) is 1.56. The fourth-order valence-electron chi connectivity index (χ4n) is 2.53. The van der Waals surface area contributed by atoms with Crippen molar-refractivity contribution in [2.75, 3.05) is 7.11 Å². The van der Waals surface area contributed by atoms with Gasteiger partial charge in [0.15, 0.2) is 0 Å². The molecule has 0 amide bonds. The van der Waals surface area contributed by atoms with Gasteiger partial charge in [-0.05, 0) is 65.7 Å². The topological polar surface area (TPSA) is 59.3 Å². The summed E-state index contributed by atoms with van der Waals surface area (Å²) in [5.41, 5.74) is 2.47. The SMILES string of the molecule is COc1ccc(C(=O)Oc2ccc(/C=C(/C#N)c3cccc(Cl)c3)cc2)cc1. The zero-order chi connectivity index (χ0) is 19.9. The van der Waals surface area contributed by atoms with Crippen LogP contribution in [0.15, 0.2) is 72.8 Å². The summed E-state index contributed by atoms with van der Waals surface area (Å²) in [6.07, 6.45) is 1.75. The molecule has 0 fully saturated rings. The molecule has 0 atom stereocenters. The lowest BCUT2D eigenvalue weighted by atomic mass is 10.0. The van der Waals surface area contributed by atoms with Gasteiger partial charge in [0, 0.05) is 5.02 Å². The average molecular weight is 390 g/mol. The highest BCUT2D eigenvalue weighted by Gasteiger charge is 2.09. The number of allylic oxidation sites excluding steroid dienone is 1. The minimum Gasteiger partial charge on any atom is -0.497 e. The van der Waals surface area contributed by atoms with Crippen LogP contribution in [0.25, 0.3) is 11.6 Å². The first-order chi connectivity index (χ1) is 13.6.